The third-order valence-corrected chi connectivity index (χ3v) is 4.17. The van der Waals surface area contributed by atoms with Gasteiger partial charge in [-0.3, -0.25) is 0 Å². The summed E-state index contributed by atoms with van der Waals surface area (Å²) in [5.74, 6) is 2.19. The standard InChI is InChI=1S/C16H21N3O2.ClH/c1-20-13-6-4-5-12(11-13)7-8-14-18-15(19-21-14)16(17)9-2-3-10-16;/h4-6,11H,2-3,7-10,17H2,1H3;1H. The predicted molar refractivity (Wildman–Crippen MR) is 86.3 cm³/mol. The van der Waals surface area contributed by atoms with Crippen molar-refractivity contribution in [3.63, 3.8) is 0 Å². The van der Waals surface area contributed by atoms with Gasteiger partial charge in [-0.1, -0.05) is 30.1 Å². The molecule has 1 fully saturated rings. The molecule has 1 aromatic carbocycles. The minimum absolute atomic E-state index is 0. The van der Waals surface area contributed by atoms with Crippen LogP contribution in [0.2, 0.25) is 0 Å². The van der Waals surface area contributed by atoms with Crippen LogP contribution in [-0.4, -0.2) is 17.3 Å². The summed E-state index contributed by atoms with van der Waals surface area (Å²) >= 11 is 0. The number of aryl methyl sites for hydroxylation is 2. The minimum atomic E-state index is -0.377. The molecule has 2 aromatic rings. The highest BCUT2D eigenvalue weighted by Gasteiger charge is 2.35. The zero-order chi connectivity index (χ0) is 14.7. The number of hydrogen-bond acceptors (Lipinski definition) is 5. The van der Waals surface area contributed by atoms with E-state index >= 15 is 0 Å². The molecular formula is C16H22ClN3O2. The first-order valence-corrected chi connectivity index (χ1v) is 7.44. The molecule has 0 aliphatic heterocycles. The van der Waals surface area contributed by atoms with E-state index in [1.54, 1.807) is 7.11 Å². The number of methoxy groups -OCH3 is 1. The lowest BCUT2D eigenvalue weighted by Crippen LogP contribution is -2.34. The van der Waals surface area contributed by atoms with Crippen LogP contribution in [0.5, 0.6) is 5.75 Å². The smallest absolute Gasteiger partial charge is 0.227 e. The molecule has 1 saturated carbocycles. The lowest BCUT2D eigenvalue weighted by molar-refractivity contribution is 0.348. The second-order valence-corrected chi connectivity index (χ2v) is 5.73. The minimum Gasteiger partial charge on any atom is -0.497 e. The van der Waals surface area contributed by atoms with Gasteiger partial charge in [0.2, 0.25) is 5.89 Å². The first-order chi connectivity index (χ1) is 10.2. The summed E-state index contributed by atoms with van der Waals surface area (Å²) in [6.07, 6.45) is 5.74. The number of hydrogen-bond donors (Lipinski definition) is 1. The molecule has 1 aliphatic rings. The average Bonchev–Trinajstić information content (AvgIpc) is 3.15. The van der Waals surface area contributed by atoms with Crippen molar-refractivity contribution >= 4 is 12.4 Å². The molecule has 1 aromatic heterocycles. The molecule has 0 amide bonds. The predicted octanol–water partition coefficient (Wildman–Crippen LogP) is 3.01. The van der Waals surface area contributed by atoms with E-state index in [0.29, 0.717) is 11.7 Å². The Morgan fingerprint density at radius 1 is 1.27 bits per heavy atom. The van der Waals surface area contributed by atoms with Crippen molar-refractivity contribution < 1.29 is 9.26 Å². The van der Waals surface area contributed by atoms with Crippen LogP contribution in [-0.2, 0) is 18.4 Å². The van der Waals surface area contributed by atoms with Gasteiger partial charge in [0.25, 0.3) is 0 Å². The molecule has 1 aliphatic carbocycles. The molecule has 0 atom stereocenters. The second kappa shape index (κ2) is 7.11. The molecule has 1 heterocycles. The Hall–Kier alpha value is -1.59. The molecular weight excluding hydrogens is 302 g/mol. The van der Waals surface area contributed by atoms with Crippen molar-refractivity contribution in [2.75, 3.05) is 7.11 Å². The molecule has 0 radical (unpaired) electrons. The van der Waals surface area contributed by atoms with Gasteiger partial charge in [0.05, 0.1) is 12.6 Å². The highest BCUT2D eigenvalue weighted by atomic mass is 35.5. The third-order valence-electron chi connectivity index (χ3n) is 4.17. The van der Waals surface area contributed by atoms with Crippen molar-refractivity contribution in [3.05, 3.63) is 41.5 Å². The maximum absolute atomic E-state index is 6.34. The Balaban J connectivity index is 0.00000176. The number of nitrogens with zero attached hydrogens (tertiary/aromatic N) is 2. The van der Waals surface area contributed by atoms with E-state index < -0.39 is 0 Å². The largest absolute Gasteiger partial charge is 0.497 e. The van der Waals surface area contributed by atoms with E-state index in [1.165, 1.54) is 5.56 Å². The Labute approximate surface area is 136 Å². The van der Waals surface area contributed by atoms with Gasteiger partial charge in [0.15, 0.2) is 5.82 Å². The molecule has 0 saturated heterocycles. The van der Waals surface area contributed by atoms with Gasteiger partial charge in [-0.25, -0.2) is 0 Å². The number of benzene rings is 1. The molecule has 5 nitrogen and oxygen atoms in total. The quantitative estimate of drug-likeness (QED) is 0.915. The topological polar surface area (TPSA) is 74.2 Å². The normalized spacial score (nSPS) is 16.3. The van der Waals surface area contributed by atoms with E-state index in [-0.39, 0.29) is 17.9 Å². The van der Waals surface area contributed by atoms with Gasteiger partial charge < -0.3 is 15.0 Å². The highest BCUT2D eigenvalue weighted by Crippen LogP contribution is 2.34. The Morgan fingerprint density at radius 2 is 2.05 bits per heavy atom. The molecule has 2 N–H and O–H groups in total. The number of halogens is 1. The first kappa shape index (κ1) is 16.8. The van der Waals surface area contributed by atoms with Crippen LogP contribution in [0.15, 0.2) is 28.8 Å². The number of aromatic nitrogens is 2. The van der Waals surface area contributed by atoms with Crippen LogP contribution in [0, 0.1) is 0 Å². The van der Waals surface area contributed by atoms with E-state index in [0.717, 1.165) is 44.3 Å². The summed E-state index contributed by atoms with van der Waals surface area (Å²) in [6.45, 7) is 0. The van der Waals surface area contributed by atoms with E-state index in [2.05, 4.69) is 16.2 Å². The van der Waals surface area contributed by atoms with Gasteiger partial charge in [0.1, 0.15) is 5.75 Å². The zero-order valence-electron chi connectivity index (χ0n) is 12.7. The third kappa shape index (κ3) is 3.59. The van der Waals surface area contributed by atoms with E-state index in [1.807, 2.05) is 18.2 Å². The van der Waals surface area contributed by atoms with Crippen LogP contribution in [0.25, 0.3) is 0 Å². The summed E-state index contributed by atoms with van der Waals surface area (Å²) in [5.41, 5.74) is 7.15. The molecule has 22 heavy (non-hydrogen) atoms. The summed E-state index contributed by atoms with van der Waals surface area (Å²) in [7, 11) is 1.67. The summed E-state index contributed by atoms with van der Waals surface area (Å²) in [6, 6.07) is 8.02. The Morgan fingerprint density at radius 3 is 2.77 bits per heavy atom. The fourth-order valence-electron chi connectivity index (χ4n) is 2.87. The molecule has 120 valence electrons. The SMILES string of the molecule is COc1cccc(CCc2nc(C3(N)CCCC3)no2)c1.Cl. The lowest BCUT2D eigenvalue weighted by Gasteiger charge is -2.17. The molecule has 6 heteroatoms. The summed E-state index contributed by atoms with van der Waals surface area (Å²) < 4.78 is 10.6. The van der Waals surface area contributed by atoms with E-state index in [4.69, 9.17) is 15.0 Å². The van der Waals surface area contributed by atoms with Gasteiger partial charge in [-0.05, 0) is 37.0 Å². The fraction of sp³-hybridized carbons (Fsp3) is 0.500. The number of ether oxygens (including phenoxy) is 1. The molecule has 0 spiro atoms. The summed E-state index contributed by atoms with van der Waals surface area (Å²) in [5, 5.41) is 4.08. The van der Waals surface area contributed by atoms with Gasteiger partial charge >= 0.3 is 0 Å². The maximum atomic E-state index is 6.34. The van der Waals surface area contributed by atoms with Crippen molar-refractivity contribution in [3.8, 4) is 5.75 Å². The monoisotopic (exact) mass is 323 g/mol. The van der Waals surface area contributed by atoms with Crippen molar-refractivity contribution in [2.24, 2.45) is 5.73 Å². The Kier molecular flexibility index (Phi) is 5.42. The average molecular weight is 324 g/mol. The summed E-state index contributed by atoms with van der Waals surface area (Å²) in [4.78, 5) is 4.49. The van der Waals surface area contributed by atoms with Crippen LogP contribution in [0.4, 0.5) is 0 Å². The van der Waals surface area contributed by atoms with Gasteiger partial charge in [0, 0.05) is 6.42 Å². The van der Waals surface area contributed by atoms with Crippen LogP contribution in [0.1, 0.15) is 43.0 Å². The number of nitrogens with two attached hydrogens (primary N) is 1. The van der Waals surface area contributed by atoms with Crippen molar-refractivity contribution in [2.45, 2.75) is 44.1 Å². The molecule has 0 unspecified atom stereocenters. The zero-order valence-corrected chi connectivity index (χ0v) is 13.6. The van der Waals surface area contributed by atoms with Gasteiger partial charge in [-0.2, -0.15) is 4.98 Å². The van der Waals surface area contributed by atoms with Crippen LogP contribution < -0.4 is 10.5 Å². The fourth-order valence-corrected chi connectivity index (χ4v) is 2.87. The first-order valence-electron chi connectivity index (χ1n) is 7.44. The number of rotatable bonds is 5. The molecule has 3 rings (SSSR count). The lowest BCUT2D eigenvalue weighted by atomic mass is 9.99. The Bertz CT molecular complexity index is 609. The highest BCUT2D eigenvalue weighted by molar-refractivity contribution is 5.85. The van der Waals surface area contributed by atoms with Gasteiger partial charge in [-0.15, -0.1) is 12.4 Å². The van der Waals surface area contributed by atoms with Crippen molar-refractivity contribution in [1.29, 1.82) is 0 Å². The van der Waals surface area contributed by atoms with Crippen LogP contribution >= 0.6 is 12.4 Å². The molecule has 0 bridgehead atoms. The van der Waals surface area contributed by atoms with Crippen LogP contribution in [0.3, 0.4) is 0 Å². The second-order valence-electron chi connectivity index (χ2n) is 5.73. The maximum Gasteiger partial charge on any atom is 0.227 e. The van der Waals surface area contributed by atoms with Crippen molar-refractivity contribution in [1.82, 2.24) is 10.1 Å². The van der Waals surface area contributed by atoms with E-state index in [9.17, 15) is 0 Å².